The molecule has 13 heteroatoms. The topological polar surface area (TPSA) is 66.4 Å². The van der Waals surface area contributed by atoms with Gasteiger partial charge in [0.25, 0.3) is 0 Å². The summed E-state index contributed by atoms with van der Waals surface area (Å²) in [6.07, 6.45) is 5.28. The monoisotopic (exact) mass is 1080 g/mol. The first kappa shape index (κ1) is 52.3. The number of aryl methyl sites for hydroxylation is 6. The van der Waals surface area contributed by atoms with Crippen molar-refractivity contribution in [2.24, 2.45) is 0 Å². The minimum absolute atomic E-state index is 0.0373. The smallest absolute Gasteiger partial charge is 0.380 e. The predicted octanol–water partition coefficient (Wildman–Crippen LogP) is 18.6. The second-order valence-corrected chi connectivity index (χ2v) is 20.5. The van der Waals surface area contributed by atoms with E-state index in [9.17, 15) is 0 Å². The number of hydrogen-bond donors (Lipinski definition) is 0. The van der Waals surface area contributed by atoms with Crippen molar-refractivity contribution >= 4 is 76.9 Å². The molecule has 0 spiro atoms. The molecule has 9 aromatic rings. The van der Waals surface area contributed by atoms with Gasteiger partial charge in [0.1, 0.15) is 0 Å². The Kier molecular flexibility index (Phi) is 16.4. The van der Waals surface area contributed by atoms with Crippen LogP contribution in [0.1, 0.15) is 50.5 Å². The Morgan fingerprint density at radius 1 is 0.315 bits per heavy atom. The zero-order chi connectivity index (χ0) is 51.5. The van der Waals surface area contributed by atoms with Crippen LogP contribution in [0.2, 0.25) is 30.1 Å². The molecule has 0 fully saturated rings. The molecule has 6 nitrogen and oxygen atoms in total. The molecule has 6 aromatic carbocycles. The van der Waals surface area contributed by atoms with E-state index in [4.69, 9.17) is 98.5 Å². The summed E-state index contributed by atoms with van der Waals surface area (Å²) < 4.78 is 20.3. The quantitative estimate of drug-likeness (QED) is 0.0953. The van der Waals surface area contributed by atoms with Gasteiger partial charge in [-0.05, 0) is 180 Å². The molecule has 0 saturated heterocycles. The van der Waals surface area contributed by atoms with Crippen LogP contribution in [0.3, 0.4) is 0 Å². The van der Waals surface area contributed by atoms with E-state index in [0.717, 1.165) is 100 Å². The summed E-state index contributed by atoms with van der Waals surface area (Å²) in [6, 6.07) is 41.8. The van der Waals surface area contributed by atoms with E-state index in [1.54, 1.807) is 18.6 Å². The molecule has 0 unspecified atom stereocenters. The van der Waals surface area contributed by atoms with E-state index in [-0.39, 0.29) is 19.8 Å². The van der Waals surface area contributed by atoms with Gasteiger partial charge >= 0.3 is 7.32 Å². The SMILES string of the molecule is Cc1ccc(-c2ccnc(COB(OCc3nccc(-c4ccc(C)c(Cl)c4)c3-c3ccc(C)c(Cl)c3)OCc3nccc(-c4ccc(C)c(Cl)c4)c3-c3ccc(C)c(Cl)c3)c2-c2ccc(C)c(Cl)c2)cc1Cl. The molecular weight excluding hydrogens is 1030 g/mol. The van der Waals surface area contributed by atoms with Crippen LogP contribution in [-0.4, -0.2) is 22.3 Å². The Morgan fingerprint density at radius 3 is 0.767 bits per heavy atom. The van der Waals surface area contributed by atoms with Crippen molar-refractivity contribution in [2.75, 3.05) is 0 Å². The Balaban J connectivity index is 1.14. The van der Waals surface area contributed by atoms with Crippen LogP contribution in [0.15, 0.2) is 146 Å². The van der Waals surface area contributed by atoms with E-state index in [2.05, 4.69) is 0 Å². The average Bonchev–Trinajstić information content (AvgIpc) is 3.38. The maximum atomic E-state index is 6.81. The van der Waals surface area contributed by atoms with E-state index < -0.39 is 7.32 Å². The van der Waals surface area contributed by atoms with Crippen molar-refractivity contribution in [2.45, 2.75) is 61.4 Å². The molecule has 0 aliphatic carbocycles. The van der Waals surface area contributed by atoms with Crippen LogP contribution >= 0.6 is 69.6 Å². The lowest BCUT2D eigenvalue weighted by atomic mass is 9.92. The molecule has 0 bridgehead atoms. The molecule has 3 aromatic heterocycles. The highest BCUT2D eigenvalue weighted by Crippen LogP contribution is 2.41. The Hall–Kier alpha value is -5.55. The molecule has 0 amide bonds. The lowest BCUT2D eigenvalue weighted by Crippen LogP contribution is -2.28. The van der Waals surface area contributed by atoms with Gasteiger partial charge in [0.15, 0.2) is 0 Å². The summed E-state index contributed by atoms with van der Waals surface area (Å²) in [7, 11) is -1.30. The molecule has 0 radical (unpaired) electrons. The minimum Gasteiger partial charge on any atom is -0.380 e. The van der Waals surface area contributed by atoms with Crippen molar-refractivity contribution in [1.82, 2.24) is 15.0 Å². The highest BCUT2D eigenvalue weighted by molar-refractivity contribution is 6.36. The van der Waals surface area contributed by atoms with E-state index in [0.29, 0.717) is 47.2 Å². The largest absolute Gasteiger partial charge is 0.640 e. The number of rotatable bonds is 15. The Bertz CT molecular complexity index is 3190. The third kappa shape index (κ3) is 11.7. The normalized spacial score (nSPS) is 11.3. The average molecular weight is 1080 g/mol. The molecule has 3 heterocycles. The van der Waals surface area contributed by atoms with E-state index in [1.165, 1.54) is 0 Å². The van der Waals surface area contributed by atoms with Crippen LogP contribution in [-0.2, 0) is 33.8 Å². The summed E-state index contributed by atoms with van der Waals surface area (Å²) in [5, 5.41) is 3.79. The number of hydrogen-bond acceptors (Lipinski definition) is 6. The summed E-state index contributed by atoms with van der Waals surface area (Å²) in [4.78, 5) is 14.7. The highest BCUT2D eigenvalue weighted by atomic mass is 35.5. The van der Waals surface area contributed by atoms with Crippen LogP contribution in [0.5, 0.6) is 0 Å². The summed E-state index contributed by atoms with van der Waals surface area (Å²) in [6.45, 7) is 11.7. The van der Waals surface area contributed by atoms with Crippen molar-refractivity contribution in [3.8, 4) is 66.8 Å². The second kappa shape index (κ2) is 22.9. The first-order chi connectivity index (χ1) is 35.1. The molecule has 0 atom stereocenters. The van der Waals surface area contributed by atoms with Gasteiger partial charge in [-0.15, -0.1) is 0 Å². The fourth-order valence-corrected chi connectivity index (χ4v) is 9.73. The predicted molar refractivity (Wildman–Crippen MR) is 304 cm³/mol. The van der Waals surface area contributed by atoms with Gasteiger partial charge in [-0.1, -0.05) is 142 Å². The first-order valence-electron chi connectivity index (χ1n) is 23.5. The van der Waals surface area contributed by atoms with E-state index in [1.807, 2.05) is 169 Å². The van der Waals surface area contributed by atoms with Crippen molar-refractivity contribution in [3.63, 3.8) is 0 Å². The van der Waals surface area contributed by atoms with Crippen LogP contribution in [0.4, 0.5) is 0 Å². The van der Waals surface area contributed by atoms with E-state index >= 15 is 0 Å². The van der Waals surface area contributed by atoms with Crippen molar-refractivity contribution < 1.29 is 14.0 Å². The van der Waals surface area contributed by atoms with Crippen molar-refractivity contribution in [3.05, 3.63) is 227 Å². The minimum atomic E-state index is -1.30. The zero-order valence-corrected chi connectivity index (χ0v) is 45.4. The third-order valence-electron chi connectivity index (χ3n) is 13.0. The van der Waals surface area contributed by atoms with Gasteiger partial charge < -0.3 is 14.0 Å². The fraction of sp³-hybridized carbons (Fsp3) is 0.150. The lowest BCUT2D eigenvalue weighted by molar-refractivity contribution is 0.0743. The van der Waals surface area contributed by atoms with Crippen LogP contribution < -0.4 is 0 Å². The molecule has 366 valence electrons. The highest BCUT2D eigenvalue weighted by Gasteiger charge is 2.28. The molecule has 0 saturated carbocycles. The number of benzene rings is 6. The van der Waals surface area contributed by atoms with Gasteiger partial charge in [0.2, 0.25) is 0 Å². The molecule has 9 rings (SSSR count). The Morgan fingerprint density at radius 2 is 0.534 bits per heavy atom. The summed E-state index contributed by atoms with van der Waals surface area (Å²) >= 11 is 40.6. The third-order valence-corrected chi connectivity index (χ3v) is 15.4. The number of pyridine rings is 3. The number of halogens is 6. The number of aromatic nitrogens is 3. The molecule has 73 heavy (non-hydrogen) atoms. The van der Waals surface area contributed by atoms with Crippen LogP contribution in [0, 0.1) is 41.5 Å². The maximum absolute atomic E-state index is 6.81. The first-order valence-corrected chi connectivity index (χ1v) is 25.8. The summed E-state index contributed by atoms with van der Waals surface area (Å²) in [5.74, 6) is 0. The molecule has 0 aliphatic rings. The van der Waals surface area contributed by atoms with Gasteiger partial charge in [0, 0.05) is 65.4 Å². The lowest BCUT2D eigenvalue weighted by Gasteiger charge is -2.21. The Labute approximate surface area is 457 Å². The standard InChI is InChI=1S/C60H48BCl6N3O3/c1-34-7-13-40(25-49(34)62)46-19-22-68-55(58(46)43-16-10-37(4)52(65)28-43)31-71-61(72-32-56-59(44-17-11-38(5)53(66)29-44)47(20-23-69-56)41-14-8-35(2)50(63)26-41)73-33-57-60(45-18-12-39(6)54(67)30-45)48(21-24-70-57)42-15-9-36(3)51(64)27-42/h7-30H,31-33H2,1-6H3. The fourth-order valence-electron chi connectivity index (χ4n) is 8.64. The molecule has 0 N–H and O–H groups in total. The second-order valence-electron chi connectivity index (χ2n) is 18.0. The number of nitrogens with zero attached hydrogens (tertiary/aromatic N) is 3. The van der Waals surface area contributed by atoms with Gasteiger partial charge in [-0.25, -0.2) is 0 Å². The summed E-state index contributed by atoms with van der Waals surface area (Å²) in [5.41, 5.74) is 18.0. The van der Waals surface area contributed by atoms with Crippen molar-refractivity contribution in [1.29, 1.82) is 0 Å². The van der Waals surface area contributed by atoms with Gasteiger partial charge in [-0.3, -0.25) is 15.0 Å². The zero-order valence-electron chi connectivity index (χ0n) is 40.9. The van der Waals surface area contributed by atoms with Gasteiger partial charge in [-0.2, -0.15) is 0 Å². The molecular formula is C60H48BCl6N3O3. The van der Waals surface area contributed by atoms with Gasteiger partial charge in [0.05, 0.1) is 36.9 Å². The van der Waals surface area contributed by atoms with Crippen LogP contribution in [0.25, 0.3) is 66.8 Å². The molecule has 0 aliphatic heterocycles. The maximum Gasteiger partial charge on any atom is 0.640 e.